The van der Waals surface area contributed by atoms with Crippen LogP contribution in [0.2, 0.25) is 5.02 Å². The van der Waals surface area contributed by atoms with Crippen LogP contribution < -0.4 is 5.14 Å². The summed E-state index contributed by atoms with van der Waals surface area (Å²) < 4.78 is 22.3. The van der Waals surface area contributed by atoms with E-state index in [0.29, 0.717) is 12.0 Å². The summed E-state index contributed by atoms with van der Waals surface area (Å²) in [6, 6.07) is 4.92. The summed E-state index contributed by atoms with van der Waals surface area (Å²) in [5.74, 6) is 0. The van der Waals surface area contributed by atoms with Crippen LogP contribution in [0.1, 0.15) is 12.5 Å². The van der Waals surface area contributed by atoms with Crippen molar-refractivity contribution in [1.29, 1.82) is 0 Å². The van der Waals surface area contributed by atoms with Gasteiger partial charge in [0.25, 0.3) is 0 Å². The molecule has 3 nitrogen and oxygen atoms in total. The summed E-state index contributed by atoms with van der Waals surface area (Å²) in [6.45, 7) is 1.85. The first-order valence-corrected chi connectivity index (χ1v) is 5.69. The molecule has 0 aliphatic rings. The molecule has 1 aromatic rings. The van der Waals surface area contributed by atoms with Crippen molar-refractivity contribution in [2.24, 2.45) is 5.14 Å². The molecule has 0 bridgehead atoms. The molecular formula is C8H10ClNO2S. The van der Waals surface area contributed by atoms with Crippen molar-refractivity contribution in [3.8, 4) is 0 Å². The molecule has 0 saturated heterocycles. The largest absolute Gasteiger partial charge is 0.239 e. The van der Waals surface area contributed by atoms with Crippen molar-refractivity contribution in [2.45, 2.75) is 18.2 Å². The average Bonchev–Trinajstić information content (AvgIpc) is 2.01. The highest BCUT2D eigenvalue weighted by atomic mass is 35.5. The Hall–Kier alpha value is -0.580. The van der Waals surface area contributed by atoms with Gasteiger partial charge >= 0.3 is 0 Å². The molecule has 0 aromatic heterocycles. The predicted molar refractivity (Wildman–Crippen MR) is 52.2 cm³/mol. The number of hydrogen-bond acceptors (Lipinski definition) is 2. The van der Waals surface area contributed by atoms with E-state index in [1.165, 1.54) is 6.07 Å². The molecule has 0 atom stereocenters. The second-order valence-corrected chi connectivity index (χ2v) is 4.53. The molecule has 5 heteroatoms. The van der Waals surface area contributed by atoms with Gasteiger partial charge in [0.2, 0.25) is 10.0 Å². The van der Waals surface area contributed by atoms with Crippen LogP contribution in [0.25, 0.3) is 0 Å². The smallest absolute Gasteiger partial charge is 0.225 e. The van der Waals surface area contributed by atoms with Gasteiger partial charge in [-0.25, -0.2) is 13.6 Å². The minimum atomic E-state index is -3.71. The van der Waals surface area contributed by atoms with Crippen LogP contribution >= 0.6 is 11.6 Å². The maximum Gasteiger partial charge on any atom is 0.239 e. The third-order valence-corrected chi connectivity index (χ3v) is 3.19. The molecule has 0 fully saturated rings. The Morgan fingerprint density at radius 1 is 1.46 bits per heavy atom. The van der Waals surface area contributed by atoms with Gasteiger partial charge < -0.3 is 0 Å². The quantitative estimate of drug-likeness (QED) is 0.821. The van der Waals surface area contributed by atoms with Crippen LogP contribution in [-0.2, 0) is 16.4 Å². The molecule has 0 amide bonds. The van der Waals surface area contributed by atoms with Crippen LogP contribution in [0.4, 0.5) is 0 Å². The number of primary sulfonamides is 1. The number of hydrogen-bond donors (Lipinski definition) is 1. The number of sulfonamides is 1. The van der Waals surface area contributed by atoms with E-state index >= 15 is 0 Å². The van der Waals surface area contributed by atoms with Crippen LogP contribution in [0.15, 0.2) is 23.1 Å². The van der Waals surface area contributed by atoms with E-state index in [4.69, 9.17) is 16.7 Å². The lowest BCUT2D eigenvalue weighted by Gasteiger charge is -2.06. The molecule has 0 aliphatic carbocycles. The second-order valence-electron chi connectivity index (χ2n) is 2.63. The van der Waals surface area contributed by atoms with Gasteiger partial charge in [0.05, 0.1) is 5.02 Å². The zero-order chi connectivity index (χ0) is 10.1. The van der Waals surface area contributed by atoms with E-state index in [1.54, 1.807) is 12.1 Å². The molecule has 13 heavy (non-hydrogen) atoms. The van der Waals surface area contributed by atoms with E-state index in [-0.39, 0.29) is 9.92 Å². The first kappa shape index (κ1) is 10.5. The SMILES string of the molecule is CCc1cccc(Cl)c1S(N)(=O)=O. The van der Waals surface area contributed by atoms with Crippen molar-refractivity contribution < 1.29 is 8.42 Å². The molecule has 1 rings (SSSR count). The van der Waals surface area contributed by atoms with Gasteiger partial charge in [-0.2, -0.15) is 0 Å². The predicted octanol–water partition coefficient (Wildman–Crippen LogP) is 1.55. The molecule has 72 valence electrons. The lowest BCUT2D eigenvalue weighted by molar-refractivity contribution is 0.597. The first-order valence-electron chi connectivity index (χ1n) is 3.77. The zero-order valence-electron chi connectivity index (χ0n) is 7.12. The fourth-order valence-corrected chi connectivity index (χ4v) is 2.58. The third kappa shape index (κ3) is 2.21. The molecule has 0 spiro atoms. The van der Waals surface area contributed by atoms with Crippen molar-refractivity contribution in [3.63, 3.8) is 0 Å². The van der Waals surface area contributed by atoms with Gasteiger partial charge in [-0.3, -0.25) is 0 Å². The zero-order valence-corrected chi connectivity index (χ0v) is 8.69. The second kappa shape index (κ2) is 3.65. The van der Waals surface area contributed by atoms with Crippen molar-refractivity contribution >= 4 is 21.6 Å². The topological polar surface area (TPSA) is 60.2 Å². The van der Waals surface area contributed by atoms with Gasteiger partial charge in [0.1, 0.15) is 4.90 Å². The van der Waals surface area contributed by atoms with E-state index in [0.717, 1.165) is 0 Å². The number of rotatable bonds is 2. The minimum absolute atomic E-state index is 0.0409. The maximum atomic E-state index is 11.1. The molecule has 0 aliphatic heterocycles. The molecule has 0 radical (unpaired) electrons. The van der Waals surface area contributed by atoms with Crippen molar-refractivity contribution in [1.82, 2.24) is 0 Å². The summed E-state index contributed by atoms with van der Waals surface area (Å²) in [7, 11) is -3.71. The van der Waals surface area contributed by atoms with Gasteiger partial charge in [-0.05, 0) is 18.1 Å². The van der Waals surface area contributed by atoms with Gasteiger partial charge in [-0.1, -0.05) is 30.7 Å². The highest BCUT2D eigenvalue weighted by Crippen LogP contribution is 2.24. The average molecular weight is 220 g/mol. The van der Waals surface area contributed by atoms with Gasteiger partial charge in [-0.15, -0.1) is 0 Å². The number of aryl methyl sites for hydroxylation is 1. The summed E-state index contributed by atoms with van der Waals surface area (Å²) >= 11 is 5.73. The van der Waals surface area contributed by atoms with Crippen LogP contribution in [-0.4, -0.2) is 8.42 Å². The Balaban J connectivity index is 3.50. The van der Waals surface area contributed by atoms with Crippen LogP contribution in [0.5, 0.6) is 0 Å². The van der Waals surface area contributed by atoms with Crippen molar-refractivity contribution in [2.75, 3.05) is 0 Å². The lowest BCUT2D eigenvalue weighted by Crippen LogP contribution is -2.14. The Kier molecular flexibility index (Phi) is 2.95. The number of halogens is 1. The summed E-state index contributed by atoms with van der Waals surface area (Å²) in [5, 5.41) is 5.20. The highest BCUT2D eigenvalue weighted by Gasteiger charge is 2.16. The molecular weight excluding hydrogens is 210 g/mol. The Morgan fingerprint density at radius 2 is 2.08 bits per heavy atom. The van der Waals surface area contributed by atoms with E-state index in [9.17, 15) is 8.42 Å². The van der Waals surface area contributed by atoms with Crippen LogP contribution in [0.3, 0.4) is 0 Å². The number of benzene rings is 1. The molecule has 0 heterocycles. The highest BCUT2D eigenvalue weighted by molar-refractivity contribution is 7.89. The Labute approximate surface area is 82.6 Å². The first-order chi connectivity index (χ1) is 5.96. The van der Waals surface area contributed by atoms with Gasteiger partial charge in [0, 0.05) is 0 Å². The normalized spacial score (nSPS) is 11.6. The van der Waals surface area contributed by atoms with Crippen molar-refractivity contribution in [3.05, 3.63) is 28.8 Å². The third-order valence-electron chi connectivity index (χ3n) is 1.71. The fraction of sp³-hybridized carbons (Fsp3) is 0.250. The molecule has 2 N–H and O–H groups in total. The van der Waals surface area contributed by atoms with Gasteiger partial charge in [0.15, 0.2) is 0 Å². The molecule has 0 saturated carbocycles. The molecule has 1 aromatic carbocycles. The minimum Gasteiger partial charge on any atom is -0.225 e. The standard InChI is InChI=1S/C8H10ClNO2S/c1-2-6-4-3-5-7(9)8(6)13(10,11)12/h3-5H,2H2,1H3,(H2,10,11,12). The maximum absolute atomic E-state index is 11.1. The molecule has 0 unspecified atom stereocenters. The fourth-order valence-electron chi connectivity index (χ4n) is 1.15. The summed E-state index contributed by atoms with van der Waals surface area (Å²) in [6.07, 6.45) is 0.590. The summed E-state index contributed by atoms with van der Waals surface area (Å²) in [4.78, 5) is 0.0409. The van der Waals surface area contributed by atoms with E-state index in [2.05, 4.69) is 0 Å². The Bertz CT molecular complexity index is 414. The Morgan fingerprint density at radius 3 is 2.46 bits per heavy atom. The lowest BCUT2D eigenvalue weighted by atomic mass is 10.2. The monoisotopic (exact) mass is 219 g/mol. The summed E-state index contributed by atoms with van der Waals surface area (Å²) in [5.41, 5.74) is 0.648. The van der Waals surface area contributed by atoms with Crippen LogP contribution in [0, 0.1) is 0 Å². The van der Waals surface area contributed by atoms with E-state index < -0.39 is 10.0 Å². The van der Waals surface area contributed by atoms with E-state index in [1.807, 2.05) is 6.92 Å². The number of nitrogens with two attached hydrogens (primary N) is 1.